The highest BCUT2D eigenvalue weighted by Crippen LogP contribution is 2.42. The second-order valence-corrected chi connectivity index (χ2v) is 7.76. The molecule has 0 bridgehead atoms. The first-order valence-electron chi connectivity index (χ1n) is 10.2. The number of carbonyl (C=O) groups excluding carboxylic acids is 1. The predicted molar refractivity (Wildman–Crippen MR) is 126 cm³/mol. The van der Waals surface area contributed by atoms with Crippen LogP contribution < -0.4 is 23.7 Å². The highest BCUT2D eigenvalue weighted by atomic mass is 35.5. The van der Waals surface area contributed by atoms with E-state index in [2.05, 4.69) is 0 Å². The Labute approximate surface area is 197 Å². The minimum atomic E-state index is -0.211. The standard InChI is InChI=1S/C26H23ClO6/c1-15-11-18(32-14-17-7-5-6-8-19(17)27)13-21-23(15)24(28)22(33-21)12-16-9-10-20(29-2)26(31-4)25(16)30-3/h5-13H,14H2,1-4H3/b22-12-. The summed E-state index contributed by atoms with van der Waals surface area (Å²) in [6.07, 6.45) is 1.63. The van der Waals surface area contributed by atoms with Crippen LogP contribution in [-0.4, -0.2) is 27.1 Å². The summed E-state index contributed by atoms with van der Waals surface area (Å²) >= 11 is 6.21. The van der Waals surface area contributed by atoms with Gasteiger partial charge < -0.3 is 23.7 Å². The van der Waals surface area contributed by atoms with Gasteiger partial charge in [0, 0.05) is 22.2 Å². The minimum absolute atomic E-state index is 0.182. The summed E-state index contributed by atoms with van der Waals surface area (Å²) in [5.41, 5.74) is 2.76. The van der Waals surface area contributed by atoms with E-state index < -0.39 is 0 Å². The van der Waals surface area contributed by atoms with Gasteiger partial charge in [0.05, 0.1) is 26.9 Å². The molecule has 7 heteroatoms. The highest BCUT2D eigenvalue weighted by Gasteiger charge is 2.30. The molecule has 1 aliphatic rings. The Kier molecular flexibility index (Phi) is 6.47. The number of fused-ring (bicyclic) bond motifs is 1. The first-order chi connectivity index (χ1) is 16.0. The predicted octanol–water partition coefficient (Wildman–Crippen LogP) is 5.87. The maximum Gasteiger partial charge on any atom is 0.232 e. The Morgan fingerprint density at radius 2 is 1.73 bits per heavy atom. The van der Waals surface area contributed by atoms with Crippen LogP contribution in [0.15, 0.2) is 54.3 Å². The molecule has 0 radical (unpaired) electrons. The van der Waals surface area contributed by atoms with Gasteiger partial charge >= 0.3 is 0 Å². The number of ketones is 1. The molecule has 0 atom stereocenters. The third kappa shape index (κ3) is 4.34. The molecule has 0 unspecified atom stereocenters. The number of halogens is 1. The van der Waals surface area contributed by atoms with Crippen LogP contribution in [0.5, 0.6) is 28.7 Å². The summed E-state index contributed by atoms with van der Waals surface area (Å²) in [6, 6.07) is 14.5. The molecule has 0 amide bonds. The lowest BCUT2D eigenvalue weighted by Crippen LogP contribution is -2.01. The highest BCUT2D eigenvalue weighted by molar-refractivity contribution is 6.31. The van der Waals surface area contributed by atoms with Gasteiger partial charge in [-0.2, -0.15) is 0 Å². The van der Waals surface area contributed by atoms with Crippen molar-refractivity contribution in [3.63, 3.8) is 0 Å². The number of allylic oxidation sites excluding steroid dienone is 1. The third-order valence-corrected chi connectivity index (χ3v) is 5.69. The monoisotopic (exact) mass is 466 g/mol. The zero-order valence-corrected chi connectivity index (χ0v) is 19.5. The van der Waals surface area contributed by atoms with Gasteiger partial charge in [-0.05, 0) is 42.8 Å². The molecule has 1 heterocycles. The Bertz CT molecular complexity index is 1250. The molecular formula is C26H23ClO6. The summed E-state index contributed by atoms with van der Waals surface area (Å²) in [6.45, 7) is 2.15. The van der Waals surface area contributed by atoms with Gasteiger partial charge in [0.2, 0.25) is 11.5 Å². The summed E-state index contributed by atoms with van der Waals surface area (Å²) < 4.78 is 28.1. The van der Waals surface area contributed by atoms with Crippen molar-refractivity contribution in [2.75, 3.05) is 21.3 Å². The molecular weight excluding hydrogens is 444 g/mol. The molecule has 3 aromatic carbocycles. The fraction of sp³-hybridized carbons (Fsp3) is 0.192. The molecule has 0 saturated heterocycles. The summed E-state index contributed by atoms with van der Waals surface area (Å²) in [7, 11) is 4.60. The molecule has 4 rings (SSSR count). The number of benzene rings is 3. The van der Waals surface area contributed by atoms with E-state index in [1.165, 1.54) is 14.2 Å². The molecule has 33 heavy (non-hydrogen) atoms. The van der Waals surface area contributed by atoms with Gasteiger partial charge in [0.1, 0.15) is 18.1 Å². The molecule has 0 N–H and O–H groups in total. The van der Waals surface area contributed by atoms with E-state index in [9.17, 15) is 4.79 Å². The van der Waals surface area contributed by atoms with E-state index in [1.807, 2.05) is 37.3 Å². The maximum absolute atomic E-state index is 13.1. The molecule has 0 saturated carbocycles. The topological polar surface area (TPSA) is 63.2 Å². The third-order valence-electron chi connectivity index (χ3n) is 5.32. The maximum atomic E-state index is 13.1. The van der Waals surface area contributed by atoms with Crippen molar-refractivity contribution in [1.29, 1.82) is 0 Å². The van der Waals surface area contributed by atoms with E-state index in [4.69, 9.17) is 35.3 Å². The van der Waals surface area contributed by atoms with Crippen LogP contribution in [0.25, 0.3) is 6.08 Å². The molecule has 0 aliphatic carbocycles. The van der Waals surface area contributed by atoms with Crippen molar-refractivity contribution in [3.05, 3.63) is 81.6 Å². The largest absolute Gasteiger partial charge is 0.493 e. The van der Waals surface area contributed by atoms with Crippen molar-refractivity contribution >= 4 is 23.5 Å². The van der Waals surface area contributed by atoms with Gasteiger partial charge in [-0.1, -0.05) is 29.8 Å². The summed E-state index contributed by atoms with van der Waals surface area (Å²) in [4.78, 5) is 13.1. The van der Waals surface area contributed by atoms with Gasteiger partial charge in [-0.15, -0.1) is 0 Å². The van der Waals surface area contributed by atoms with Crippen LogP contribution >= 0.6 is 11.6 Å². The van der Waals surface area contributed by atoms with Crippen LogP contribution in [0, 0.1) is 6.92 Å². The quantitative estimate of drug-likeness (QED) is 0.406. The minimum Gasteiger partial charge on any atom is -0.493 e. The molecule has 0 fully saturated rings. The number of Topliss-reactive ketones (excluding diaryl/α,β-unsaturated/α-hetero) is 1. The van der Waals surface area contributed by atoms with Crippen LogP contribution in [0.4, 0.5) is 0 Å². The SMILES string of the molecule is COc1ccc(/C=C2\Oc3cc(OCc4ccccc4Cl)cc(C)c3C2=O)c(OC)c1OC. The van der Waals surface area contributed by atoms with Crippen molar-refractivity contribution in [2.45, 2.75) is 13.5 Å². The van der Waals surface area contributed by atoms with E-state index in [0.717, 1.165) is 11.1 Å². The second kappa shape index (κ2) is 9.46. The van der Waals surface area contributed by atoms with E-state index in [1.54, 1.807) is 31.4 Å². The van der Waals surface area contributed by atoms with Crippen molar-refractivity contribution in [3.8, 4) is 28.7 Å². The van der Waals surface area contributed by atoms with Crippen LogP contribution in [0.1, 0.15) is 27.0 Å². The van der Waals surface area contributed by atoms with Crippen LogP contribution in [0.2, 0.25) is 5.02 Å². The Balaban J connectivity index is 1.63. The lowest BCUT2D eigenvalue weighted by Gasteiger charge is -2.14. The number of aryl methyl sites for hydroxylation is 1. The fourth-order valence-corrected chi connectivity index (χ4v) is 3.91. The molecule has 0 spiro atoms. The average molecular weight is 467 g/mol. The first-order valence-corrected chi connectivity index (χ1v) is 10.6. The van der Waals surface area contributed by atoms with Gasteiger partial charge in [-0.3, -0.25) is 4.79 Å². The van der Waals surface area contributed by atoms with Crippen molar-refractivity contribution in [1.82, 2.24) is 0 Å². The molecule has 6 nitrogen and oxygen atoms in total. The zero-order valence-electron chi connectivity index (χ0n) is 18.7. The summed E-state index contributed by atoms with van der Waals surface area (Å²) in [5, 5.41) is 0.635. The number of hydrogen-bond acceptors (Lipinski definition) is 6. The average Bonchev–Trinajstić information content (AvgIpc) is 3.13. The van der Waals surface area contributed by atoms with E-state index in [0.29, 0.717) is 51.5 Å². The Morgan fingerprint density at radius 1 is 0.970 bits per heavy atom. The van der Waals surface area contributed by atoms with Crippen LogP contribution in [0.3, 0.4) is 0 Å². The van der Waals surface area contributed by atoms with Crippen molar-refractivity contribution < 1.29 is 28.5 Å². The number of ether oxygens (including phenoxy) is 5. The fourth-order valence-electron chi connectivity index (χ4n) is 3.72. The molecule has 170 valence electrons. The zero-order chi connectivity index (χ0) is 23.5. The normalized spacial score (nSPS) is 13.5. The number of methoxy groups -OCH3 is 3. The van der Waals surface area contributed by atoms with Gasteiger partial charge in [-0.25, -0.2) is 0 Å². The lowest BCUT2D eigenvalue weighted by molar-refractivity contribution is 0.101. The summed E-state index contributed by atoms with van der Waals surface area (Å²) in [5.74, 6) is 2.40. The van der Waals surface area contributed by atoms with Gasteiger partial charge in [0.15, 0.2) is 17.3 Å². The molecule has 1 aliphatic heterocycles. The first kappa shape index (κ1) is 22.6. The smallest absolute Gasteiger partial charge is 0.232 e. The Morgan fingerprint density at radius 3 is 2.42 bits per heavy atom. The molecule has 0 aromatic heterocycles. The van der Waals surface area contributed by atoms with Crippen molar-refractivity contribution in [2.24, 2.45) is 0 Å². The number of rotatable bonds is 7. The second-order valence-electron chi connectivity index (χ2n) is 7.36. The Hall–Kier alpha value is -3.64. The lowest BCUT2D eigenvalue weighted by atomic mass is 10.0. The number of hydrogen-bond donors (Lipinski definition) is 0. The van der Waals surface area contributed by atoms with E-state index in [-0.39, 0.29) is 11.5 Å². The van der Waals surface area contributed by atoms with Gasteiger partial charge in [0.25, 0.3) is 0 Å². The van der Waals surface area contributed by atoms with Crippen LogP contribution in [-0.2, 0) is 6.61 Å². The number of carbonyl (C=O) groups is 1. The van der Waals surface area contributed by atoms with E-state index >= 15 is 0 Å². The molecule has 3 aromatic rings.